The van der Waals surface area contributed by atoms with Crippen LogP contribution >= 0.6 is 23.2 Å². The van der Waals surface area contributed by atoms with Gasteiger partial charge in [-0.3, -0.25) is 4.79 Å². The van der Waals surface area contributed by atoms with Crippen LogP contribution in [0.2, 0.25) is 10.2 Å². The average molecular weight is 259 g/mol. The molecule has 0 aliphatic rings. The maximum atomic E-state index is 13.0. The predicted octanol–water partition coefficient (Wildman–Crippen LogP) is 2.88. The van der Waals surface area contributed by atoms with Crippen LogP contribution < -0.4 is 5.56 Å². The van der Waals surface area contributed by atoms with Gasteiger partial charge in [0.15, 0.2) is 0 Å². The van der Waals surface area contributed by atoms with Gasteiger partial charge in [0, 0.05) is 10.6 Å². The molecule has 0 fully saturated rings. The van der Waals surface area contributed by atoms with E-state index in [1.807, 2.05) is 0 Å². The van der Waals surface area contributed by atoms with Crippen molar-refractivity contribution in [1.82, 2.24) is 10.2 Å². The molecule has 1 aromatic carbocycles. The van der Waals surface area contributed by atoms with E-state index in [0.29, 0.717) is 0 Å². The van der Waals surface area contributed by atoms with Crippen molar-refractivity contribution < 1.29 is 4.39 Å². The highest BCUT2D eigenvalue weighted by Gasteiger charge is 2.10. The Kier molecular flexibility index (Phi) is 2.94. The molecule has 0 spiro atoms. The second-order valence-corrected chi connectivity index (χ2v) is 3.85. The van der Waals surface area contributed by atoms with Crippen molar-refractivity contribution in [2.75, 3.05) is 0 Å². The predicted molar refractivity (Wildman–Crippen MR) is 60.3 cm³/mol. The maximum absolute atomic E-state index is 13.0. The molecule has 3 nitrogen and oxygen atoms in total. The number of aromatic amines is 1. The van der Waals surface area contributed by atoms with Gasteiger partial charge in [-0.25, -0.2) is 9.49 Å². The second kappa shape index (κ2) is 4.23. The highest BCUT2D eigenvalue weighted by atomic mass is 35.5. The van der Waals surface area contributed by atoms with Crippen molar-refractivity contribution in [3.63, 3.8) is 0 Å². The lowest BCUT2D eigenvalue weighted by molar-refractivity contribution is 0.628. The molecule has 0 bridgehead atoms. The maximum Gasteiger partial charge on any atom is 0.272 e. The number of benzene rings is 1. The third-order valence-electron chi connectivity index (χ3n) is 1.99. The van der Waals surface area contributed by atoms with Crippen molar-refractivity contribution in [3.8, 4) is 11.1 Å². The summed E-state index contributed by atoms with van der Waals surface area (Å²) in [7, 11) is 0. The summed E-state index contributed by atoms with van der Waals surface area (Å²) in [4.78, 5) is 11.5. The summed E-state index contributed by atoms with van der Waals surface area (Å²) < 4.78 is 13.0. The fourth-order valence-electron chi connectivity index (χ4n) is 1.29. The molecule has 0 atom stereocenters. The van der Waals surface area contributed by atoms with Gasteiger partial charge in [-0.15, -0.1) is 0 Å². The van der Waals surface area contributed by atoms with Crippen molar-refractivity contribution in [1.29, 1.82) is 0 Å². The van der Waals surface area contributed by atoms with Crippen molar-refractivity contribution in [2.24, 2.45) is 0 Å². The van der Waals surface area contributed by atoms with Gasteiger partial charge in [0.25, 0.3) is 5.56 Å². The molecular weight excluding hydrogens is 254 g/mol. The summed E-state index contributed by atoms with van der Waals surface area (Å²) in [5, 5.41) is 6.08. The fraction of sp³-hybridized carbons (Fsp3) is 0. The van der Waals surface area contributed by atoms with E-state index >= 15 is 0 Å². The summed E-state index contributed by atoms with van der Waals surface area (Å²) in [6, 6.07) is 5.09. The monoisotopic (exact) mass is 258 g/mol. The lowest BCUT2D eigenvalue weighted by Gasteiger charge is -2.03. The molecule has 1 heterocycles. The Morgan fingerprint density at radius 3 is 2.69 bits per heavy atom. The number of aromatic nitrogens is 2. The van der Waals surface area contributed by atoms with Crippen LogP contribution in [0.4, 0.5) is 4.39 Å². The number of halogens is 3. The molecule has 6 heteroatoms. The number of hydrogen-bond acceptors (Lipinski definition) is 2. The van der Waals surface area contributed by atoms with Gasteiger partial charge < -0.3 is 0 Å². The minimum absolute atomic E-state index is 0.106. The third kappa shape index (κ3) is 2.08. The van der Waals surface area contributed by atoms with Gasteiger partial charge in [0.05, 0.1) is 5.56 Å². The Morgan fingerprint density at radius 2 is 1.94 bits per heavy atom. The molecule has 1 N–H and O–H groups in total. The van der Waals surface area contributed by atoms with Crippen LogP contribution in [-0.2, 0) is 0 Å². The van der Waals surface area contributed by atoms with Crippen molar-refractivity contribution >= 4 is 23.2 Å². The summed E-state index contributed by atoms with van der Waals surface area (Å²) in [5.41, 5.74) is -0.00591. The highest BCUT2D eigenvalue weighted by molar-refractivity contribution is 6.33. The van der Waals surface area contributed by atoms with Crippen molar-refractivity contribution in [3.05, 3.63) is 50.6 Å². The van der Waals surface area contributed by atoms with Crippen LogP contribution in [0.5, 0.6) is 0 Å². The summed E-state index contributed by atoms with van der Waals surface area (Å²) in [5.74, 6) is -0.480. The second-order valence-electron chi connectivity index (χ2n) is 3.06. The van der Waals surface area contributed by atoms with E-state index in [4.69, 9.17) is 23.2 Å². The molecule has 0 saturated carbocycles. The highest BCUT2D eigenvalue weighted by Crippen LogP contribution is 2.26. The van der Waals surface area contributed by atoms with Crippen LogP contribution in [0, 0.1) is 5.82 Å². The zero-order chi connectivity index (χ0) is 11.7. The molecule has 82 valence electrons. The van der Waals surface area contributed by atoms with Gasteiger partial charge >= 0.3 is 0 Å². The van der Waals surface area contributed by atoms with E-state index in [9.17, 15) is 9.18 Å². The average Bonchev–Trinajstić information content (AvgIpc) is 2.25. The lowest BCUT2D eigenvalue weighted by Crippen LogP contribution is -2.10. The van der Waals surface area contributed by atoms with E-state index in [-0.39, 0.29) is 21.3 Å². The first-order valence-corrected chi connectivity index (χ1v) is 5.04. The molecule has 16 heavy (non-hydrogen) atoms. The molecule has 1 aromatic heterocycles. The van der Waals surface area contributed by atoms with Crippen LogP contribution in [0.15, 0.2) is 29.1 Å². The number of nitrogens with one attached hydrogen (secondary N) is 1. The van der Waals surface area contributed by atoms with Gasteiger partial charge in [-0.05, 0) is 24.3 Å². The van der Waals surface area contributed by atoms with E-state index in [2.05, 4.69) is 10.2 Å². The number of nitrogens with zero attached hydrogens (tertiary/aromatic N) is 1. The van der Waals surface area contributed by atoms with Gasteiger partial charge in [0.1, 0.15) is 11.0 Å². The standard InChI is InChI=1S/C10H5Cl2FN2O/c11-8-2-1-5(13)3-6(8)7-4-9(12)14-15-10(7)16/h1-4H,(H,15,16). The molecule has 0 unspecified atom stereocenters. The molecular formula is C10H5Cl2FN2O. The van der Waals surface area contributed by atoms with Gasteiger partial charge in [-0.2, -0.15) is 5.10 Å². The van der Waals surface area contributed by atoms with Crippen LogP contribution in [-0.4, -0.2) is 10.2 Å². The minimum atomic E-state index is -0.480. The Hall–Kier alpha value is -1.39. The Balaban J connectivity index is 2.71. The summed E-state index contributed by atoms with van der Waals surface area (Å²) >= 11 is 11.5. The molecule has 0 aliphatic carbocycles. The largest absolute Gasteiger partial charge is 0.272 e. The molecule has 2 aromatic rings. The van der Waals surface area contributed by atoms with Gasteiger partial charge in [-0.1, -0.05) is 23.2 Å². The molecule has 0 aliphatic heterocycles. The topological polar surface area (TPSA) is 45.8 Å². The van der Waals surface area contributed by atoms with Crippen LogP contribution in [0.25, 0.3) is 11.1 Å². The summed E-state index contributed by atoms with van der Waals surface area (Å²) in [6.45, 7) is 0. The smallest absolute Gasteiger partial charge is 0.267 e. The number of hydrogen-bond donors (Lipinski definition) is 1. The molecule has 0 saturated heterocycles. The molecule has 0 amide bonds. The van der Waals surface area contributed by atoms with Crippen LogP contribution in [0.3, 0.4) is 0 Å². The van der Waals surface area contributed by atoms with E-state index < -0.39 is 11.4 Å². The first kappa shape index (κ1) is 11.1. The minimum Gasteiger partial charge on any atom is -0.267 e. The van der Waals surface area contributed by atoms with E-state index in [1.54, 1.807) is 0 Å². The number of rotatable bonds is 1. The molecule has 0 radical (unpaired) electrons. The first-order chi connectivity index (χ1) is 7.58. The van der Waals surface area contributed by atoms with Crippen molar-refractivity contribution in [2.45, 2.75) is 0 Å². The SMILES string of the molecule is O=c1[nH]nc(Cl)cc1-c1cc(F)ccc1Cl. The number of H-pyrrole nitrogens is 1. The Bertz CT molecular complexity index is 598. The summed E-state index contributed by atoms with van der Waals surface area (Å²) in [6.07, 6.45) is 0. The normalized spacial score (nSPS) is 10.4. The van der Waals surface area contributed by atoms with E-state index in [0.717, 1.165) is 0 Å². The van der Waals surface area contributed by atoms with Crippen LogP contribution in [0.1, 0.15) is 0 Å². The molecule has 2 rings (SSSR count). The Morgan fingerprint density at radius 1 is 1.19 bits per heavy atom. The van der Waals surface area contributed by atoms with Gasteiger partial charge in [0.2, 0.25) is 0 Å². The zero-order valence-corrected chi connectivity index (χ0v) is 9.31. The first-order valence-electron chi connectivity index (χ1n) is 4.28. The fourth-order valence-corrected chi connectivity index (χ4v) is 1.66. The van der Waals surface area contributed by atoms with E-state index in [1.165, 1.54) is 24.3 Å². The quantitative estimate of drug-likeness (QED) is 0.855. The lowest BCUT2D eigenvalue weighted by atomic mass is 10.1. The zero-order valence-electron chi connectivity index (χ0n) is 7.80. The third-order valence-corrected chi connectivity index (χ3v) is 2.51. The Labute approximate surface area is 99.8 Å².